The molecule has 142 valence electrons. The number of nitrogens with one attached hydrogen (secondary N) is 1. The van der Waals surface area contributed by atoms with Gasteiger partial charge in [-0.05, 0) is 24.3 Å². The van der Waals surface area contributed by atoms with Gasteiger partial charge in [0.1, 0.15) is 18.9 Å². The molecule has 0 unspecified atom stereocenters. The van der Waals surface area contributed by atoms with Crippen molar-refractivity contribution in [2.75, 3.05) is 13.2 Å². The highest BCUT2D eigenvalue weighted by molar-refractivity contribution is 6.30. The average Bonchev–Trinajstić information content (AvgIpc) is 3.04. The second-order valence-corrected chi connectivity index (χ2v) is 6.35. The van der Waals surface area contributed by atoms with E-state index in [2.05, 4.69) is 10.3 Å². The van der Waals surface area contributed by atoms with E-state index in [9.17, 15) is 14.4 Å². The van der Waals surface area contributed by atoms with E-state index < -0.39 is 17.2 Å². The number of rotatable bonds is 6. The molecule has 1 aromatic carbocycles. The maximum Gasteiger partial charge on any atom is 0.332 e. The predicted octanol–water partition coefficient (Wildman–Crippen LogP) is 0.282. The average molecular weight is 392 g/mol. The number of nitrogens with zero attached hydrogens (tertiary/aromatic N) is 4. The largest absolute Gasteiger partial charge is 0.492 e. The molecular formula is C17H18ClN5O4. The van der Waals surface area contributed by atoms with E-state index in [0.717, 1.165) is 4.57 Å². The van der Waals surface area contributed by atoms with Crippen LogP contribution < -0.4 is 21.3 Å². The fraction of sp³-hybridized carbons (Fsp3) is 0.294. The van der Waals surface area contributed by atoms with Crippen LogP contribution in [0.5, 0.6) is 5.75 Å². The lowest BCUT2D eigenvalue weighted by Crippen LogP contribution is -2.44. The molecule has 0 atom stereocenters. The van der Waals surface area contributed by atoms with Gasteiger partial charge in [-0.25, -0.2) is 14.3 Å². The van der Waals surface area contributed by atoms with Gasteiger partial charge in [0.15, 0.2) is 11.2 Å². The molecule has 0 aliphatic rings. The number of fused-ring (bicyclic) bond motifs is 1. The lowest BCUT2D eigenvalue weighted by atomic mass is 10.3. The van der Waals surface area contributed by atoms with Crippen molar-refractivity contribution in [3.63, 3.8) is 0 Å². The highest BCUT2D eigenvalue weighted by Crippen LogP contribution is 2.15. The van der Waals surface area contributed by atoms with E-state index in [4.69, 9.17) is 16.3 Å². The van der Waals surface area contributed by atoms with Gasteiger partial charge in [-0.1, -0.05) is 11.6 Å². The minimum atomic E-state index is -0.598. The van der Waals surface area contributed by atoms with Crippen molar-refractivity contribution in [2.24, 2.45) is 14.1 Å². The SMILES string of the molecule is Cn1cnc2c1c(=O)n(CC(=O)NCCOc1ccc(Cl)cc1)c(=O)n2C. The molecule has 0 aliphatic heterocycles. The molecule has 0 saturated heterocycles. The second kappa shape index (κ2) is 7.67. The fourth-order valence-electron chi connectivity index (χ4n) is 2.63. The zero-order valence-corrected chi connectivity index (χ0v) is 15.6. The Hall–Kier alpha value is -3.07. The summed E-state index contributed by atoms with van der Waals surface area (Å²) in [4.78, 5) is 41.1. The van der Waals surface area contributed by atoms with Crippen molar-refractivity contribution < 1.29 is 9.53 Å². The molecule has 10 heteroatoms. The molecule has 27 heavy (non-hydrogen) atoms. The molecule has 0 bridgehead atoms. The van der Waals surface area contributed by atoms with E-state index in [1.807, 2.05) is 0 Å². The number of imidazole rings is 1. The van der Waals surface area contributed by atoms with Crippen LogP contribution in [0.2, 0.25) is 5.02 Å². The van der Waals surface area contributed by atoms with Crippen LogP contribution in [0.15, 0.2) is 40.2 Å². The minimum absolute atomic E-state index is 0.227. The monoisotopic (exact) mass is 391 g/mol. The number of amides is 1. The Balaban J connectivity index is 1.64. The van der Waals surface area contributed by atoms with E-state index in [0.29, 0.717) is 10.8 Å². The number of ether oxygens (including phenoxy) is 1. The number of benzene rings is 1. The van der Waals surface area contributed by atoms with Crippen molar-refractivity contribution >= 4 is 28.7 Å². The van der Waals surface area contributed by atoms with Crippen LogP contribution in [0.4, 0.5) is 0 Å². The minimum Gasteiger partial charge on any atom is -0.492 e. The first-order valence-corrected chi connectivity index (χ1v) is 8.52. The first kappa shape index (κ1) is 18.7. The molecular weight excluding hydrogens is 374 g/mol. The van der Waals surface area contributed by atoms with E-state index in [1.165, 1.54) is 22.5 Å². The Morgan fingerprint density at radius 3 is 2.63 bits per heavy atom. The van der Waals surface area contributed by atoms with Crippen LogP contribution >= 0.6 is 11.6 Å². The van der Waals surface area contributed by atoms with Gasteiger partial charge in [-0.15, -0.1) is 0 Å². The number of carbonyl (C=O) groups excluding carboxylic acids is 1. The maximum absolute atomic E-state index is 12.5. The topological polar surface area (TPSA) is 100 Å². The van der Waals surface area contributed by atoms with Crippen LogP contribution in [-0.2, 0) is 25.4 Å². The molecule has 3 aromatic rings. The first-order chi connectivity index (χ1) is 12.9. The van der Waals surface area contributed by atoms with Gasteiger partial charge in [0.2, 0.25) is 5.91 Å². The lowest BCUT2D eigenvalue weighted by molar-refractivity contribution is -0.121. The van der Waals surface area contributed by atoms with Crippen LogP contribution in [0.3, 0.4) is 0 Å². The van der Waals surface area contributed by atoms with Crippen LogP contribution in [0.25, 0.3) is 11.2 Å². The van der Waals surface area contributed by atoms with Gasteiger partial charge in [0.05, 0.1) is 12.9 Å². The molecule has 9 nitrogen and oxygen atoms in total. The van der Waals surface area contributed by atoms with Gasteiger partial charge in [0, 0.05) is 19.1 Å². The molecule has 0 fully saturated rings. The molecule has 0 aliphatic carbocycles. The van der Waals surface area contributed by atoms with Gasteiger partial charge in [-0.3, -0.25) is 14.2 Å². The summed E-state index contributed by atoms with van der Waals surface area (Å²) in [5.41, 5.74) is -0.615. The lowest BCUT2D eigenvalue weighted by Gasteiger charge is -2.10. The summed E-state index contributed by atoms with van der Waals surface area (Å²) < 4.78 is 9.12. The number of hydrogen-bond donors (Lipinski definition) is 1. The fourth-order valence-corrected chi connectivity index (χ4v) is 2.75. The number of halogens is 1. The summed E-state index contributed by atoms with van der Waals surface area (Å²) >= 11 is 5.79. The van der Waals surface area contributed by atoms with Gasteiger partial charge >= 0.3 is 5.69 Å². The third-order valence-corrected chi connectivity index (χ3v) is 4.26. The molecule has 1 amide bonds. The Kier molecular flexibility index (Phi) is 5.31. The molecule has 0 spiro atoms. The van der Waals surface area contributed by atoms with Crippen molar-refractivity contribution in [1.82, 2.24) is 24.0 Å². The Morgan fingerprint density at radius 1 is 1.22 bits per heavy atom. The summed E-state index contributed by atoms with van der Waals surface area (Å²) in [7, 11) is 3.16. The molecule has 0 radical (unpaired) electrons. The Bertz CT molecular complexity index is 1100. The summed E-state index contributed by atoms with van der Waals surface area (Å²) in [6.45, 7) is 0.0824. The zero-order valence-electron chi connectivity index (χ0n) is 14.8. The van der Waals surface area contributed by atoms with Crippen LogP contribution in [-0.4, -0.2) is 37.7 Å². The second-order valence-electron chi connectivity index (χ2n) is 5.91. The maximum atomic E-state index is 12.5. The summed E-state index contributed by atoms with van der Waals surface area (Å²) in [6.07, 6.45) is 1.45. The standard InChI is InChI=1S/C17H18ClN5O4/c1-21-10-20-15-14(21)16(25)23(17(26)22(15)2)9-13(24)19-7-8-27-12-5-3-11(18)4-6-12/h3-6,10H,7-9H2,1-2H3,(H,19,24). The molecule has 2 heterocycles. The van der Waals surface area contributed by atoms with E-state index >= 15 is 0 Å². The normalized spacial score (nSPS) is 10.9. The third-order valence-electron chi connectivity index (χ3n) is 4.01. The summed E-state index contributed by atoms with van der Waals surface area (Å²) in [5, 5.41) is 3.23. The third kappa shape index (κ3) is 3.87. The highest BCUT2D eigenvalue weighted by Gasteiger charge is 2.16. The molecule has 3 rings (SSSR count). The quantitative estimate of drug-likeness (QED) is 0.608. The van der Waals surface area contributed by atoms with Crippen LogP contribution in [0, 0.1) is 0 Å². The summed E-state index contributed by atoms with van der Waals surface area (Å²) in [5.74, 6) is 0.163. The predicted molar refractivity (Wildman–Crippen MR) is 100 cm³/mol. The molecule has 0 saturated carbocycles. The Morgan fingerprint density at radius 2 is 1.93 bits per heavy atom. The highest BCUT2D eigenvalue weighted by atomic mass is 35.5. The van der Waals surface area contributed by atoms with Crippen molar-refractivity contribution in [1.29, 1.82) is 0 Å². The van der Waals surface area contributed by atoms with Crippen molar-refractivity contribution in [3.8, 4) is 5.75 Å². The first-order valence-electron chi connectivity index (χ1n) is 8.14. The number of carbonyl (C=O) groups is 1. The molecule has 2 aromatic heterocycles. The van der Waals surface area contributed by atoms with Crippen molar-refractivity contribution in [3.05, 3.63) is 56.5 Å². The smallest absolute Gasteiger partial charge is 0.332 e. The van der Waals surface area contributed by atoms with Gasteiger partial charge < -0.3 is 14.6 Å². The molecule has 1 N–H and O–H groups in total. The number of aryl methyl sites for hydroxylation is 2. The number of hydrogen-bond acceptors (Lipinski definition) is 5. The van der Waals surface area contributed by atoms with Gasteiger partial charge in [0.25, 0.3) is 5.56 Å². The zero-order chi connectivity index (χ0) is 19.6. The Labute approximate surface area is 158 Å². The van der Waals surface area contributed by atoms with Crippen LogP contribution in [0.1, 0.15) is 0 Å². The van der Waals surface area contributed by atoms with Crippen molar-refractivity contribution in [2.45, 2.75) is 6.54 Å². The number of aromatic nitrogens is 4. The van der Waals surface area contributed by atoms with E-state index in [-0.39, 0.29) is 30.9 Å². The summed E-state index contributed by atoms with van der Waals surface area (Å²) in [6, 6.07) is 6.84. The van der Waals surface area contributed by atoms with E-state index in [1.54, 1.807) is 31.3 Å². The van der Waals surface area contributed by atoms with Gasteiger partial charge in [-0.2, -0.15) is 0 Å².